The molecule has 2 aromatic rings. The number of methoxy groups -OCH3 is 2. The van der Waals surface area contributed by atoms with Gasteiger partial charge in [0.2, 0.25) is 17.7 Å². The van der Waals surface area contributed by atoms with Crippen molar-refractivity contribution in [3.8, 4) is 5.75 Å². The first-order valence-corrected chi connectivity index (χ1v) is 12.9. The van der Waals surface area contributed by atoms with Crippen LogP contribution in [0.2, 0.25) is 5.02 Å². The van der Waals surface area contributed by atoms with E-state index in [0.29, 0.717) is 5.56 Å². The summed E-state index contributed by atoms with van der Waals surface area (Å²) in [6.07, 6.45) is 1.40. The van der Waals surface area contributed by atoms with E-state index in [9.17, 15) is 24.0 Å². The number of nitrogens with zero attached hydrogens (tertiary/aromatic N) is 2. The highest BCUT2D eigenvalue weighted by molar-refractivity contribution is 6.32. The lowest BCUT2D eigenvalue weighted by molar-refractivity contribution is -0.137. The van der Waals surface area contributed by atoms with Crippen LogP contribution in [-0.4, -0.2) is 67.8 Å². The smallest absolute Gasteiger partial charge is 0.255 e. The summed E-state index contributed by atoms with van der Waals surface area (Å²) in [4.78, 5) is 67.1. The van der Waals surface area contributed by atoms with Gasteiger partial charge in [-0.15, -0.1) is 0 Å². The van der Waals surface area contributed by atoms with Crippen molar-refractivity contribution in [3.05, 3.63) is 70.8 Å². The summed E-state index contributed by atoms with van der Waals surface area (Å²) in [5.41, 5.74) is 1.39. The van der Waals surface area contributed by atoms with E-state index in [4.69, 9.17) is 21.1 Å². The first-order chi connectivity index (χ1) is 19.2. The Hall–Kier alpha value is -4.22. The van der Waals surface area contributed by atoms with Crippen molar-refractivity contribution in [1.29, 1.82) is 0 Å². The van der Waals surface area contributed by atoms with Crippen LogP contribution in [0, 0.1) is 0 Å². The van der Waals surface area contributed by atoms with E-state index >= 15 is 0 Å². The second-order valence-electron chi connectivity index (χ2n) is 9.20. The zero-order valence-electron chi connectivity index (χ0n) is 22.1. The summed E-state index contributed by atoms with van der Waals surface area (Å²) in [7, 11) is 2.92. The third-order valence-electron chi connectivity index (χ3n) is 6.82. The molecule has 4 rings (SSSR count). The molecular weight excluding hydrogens is 540 g/mol. The lowest BCUT2D eigenvalue weighted by Crippen LogP contribution is -2.52. The summed E-state index contributed by atoms with van der Waals surface area (Å²) in [6, 6.07) is 7.55. The van der Waals surface area contributed by atoms with Gasteiger partial charge in [0.25, 0.3) is 11.8 Å². The molecule has 2 aromatic carbocycles. The molecule has 0 saturated carbocycles. The molecule has 0 spiro atoms. The van der Waals surface area contributed by atoms with Crippen LogP contribution in [0.3, 0.4) is 0 Å². The average molecular weight is 569 g/mol. The molecule has 1 fully saturated rings. The molecular formula is C28H29ClN4O7. The Balaban J connectivity index is 1.78. The molecule has 2 aliphatic heterocycles. The maximum Gasteiger partial charge on any atom is 0.255 e. The van der Waals surface area contributed by atoms with Gasteiger partial charge in [-0.3, -0.25) is 34.2 Å². The predicted molar refractivity (Wildman–Crippen MR) is 146 cm³/mol. The van der Waals surface area contributed by atoms with Crippen molar-refractivity contribution in [2.45, 2.75) is 31.5 Å². The first kappa shape index (κ1) is 28.8. The Morgan fingerprint density at radius 1 is 1.25 bits per heavy atom. The third kappa shape index (κ3) is 5.56. The Kier molecular flexibility index (Phi) is 8.86. The van der Waals surface area contributed by atoms with E-state index in [-0.39, 0.29) is 66.0 Å². The molecule has 40 heavy (non-hydrogen) atoms. The molecule has 0 radical (unpaired) electrons. The molecule has 2 N–H and O–H groups in total. The lowest BCUT2D eigenvalue weighted by atomic mass is 10.00. The van der Waals surface area contributed by atoms with Gasteiger partial charge in [-0.2, -0.15) is 0 Å². The quantitative estimate of drug-likeness (QED) is 0.255. The number of rotatable bonds is 10. The van der Waals surface area contributed by atoms with Crippen LogP contribution in [0.15, 0.2) is 49.1 Å². The number of anilines is 1. The number of ether oxygens (including phenoxy) is 2. The summed E-state index contributed by atoms with van der Waals surface area (Å²) in [6.45, 7) is 4.16. The number of imide groups is 1. The summed E-state index contributed by atoms with van der Waals surface area (Å²) >= 11 is 6.56. The van der Waals surface area contributed by atoms with Crippen LogP contribution < -0.4 is 20.3 Å². The van der Waals surface area contributed by atoms with Crippen molar-refractivity contribution in [2.75, 3.05) is 32.3 Å². The molecule has 2 unspecified atom stereocenters. The van der Waals surface area contributed by atoms with Crippen LogP contribution in [0.1, 0.15) is 40.4 Å². The highest BCUT2D eigenvalue weighted by Gasteiger charge is 2.41. The van der Waals surface area contributed by atoms with E-state index < -0.39 is 35.7 Å². The number of carbonyl (C=O) groups excluding carboxylic acids is 5. The number of amides is 5. The van der Waals surface area contributed by atoms with Gasteiger partial charge in [0, 0.05) is 43.4 Å². The molecule has 2 atom stereocenters. The van der Waals surface area contributed by atoms with Gasteiger partial charge in [-0.25, -0.2) is 0 Å². The number of fused-ring (bicyclic) bond motifs is 1. The van der Waals surface area contributed by atoms with Crippen molar-refractivity contribution in [2.24, 2.45) is 0 Å². The fourth-order valence-electron chi connectivity index (χ4n) is 4.91. The minimum absolute atomic E-state index is 0.128. The Labute approximate surface area is 236 Å². The SMILES string of the molecule is C=CC(=O)N(c1ccc2c(c1)C(=O)N(C1CCC(=O)NC1=O)C2)C(C(=O)NCCOC)c1c(Cl)cccc1OC. The second-order valence-corrected chi connectivity index (χ2v) is 9.60. The van der Waals surface area contributed by atoms with Gasteiger partial charge in [0.15, 0.2) is 0 Å². The normalized spacial score (nSPS) is 17.1. The monoisotopic (exact) mass is 568 g/mol. The van der Waals surface area contributed by atoms with Crippen molar-refractivity contribution in [3.63, 3.8) is 0 Å². The van der Waals surface area contributed by atoms with Gasteiger partial charge in [-0.05, 0) is 42.3 Å². The van der Waals surface area contributed by atoms with Gasteiger partial charge in [0.05, 0.1) is 18.7 Å². The van der Waals surface area contributed by atoms with Crippen molar-refractivity contribution >= 4 is 46.8 Å². The molecule has 11 nitrogen and oxygen atoms in total. The van der Waals surface area contributed by atoms with E-state index in [2.05, 4.69) is 17.2 Å². The molecule has 12 heteroatoms. The summed E-state index contributed by atoms with van der Waals surface area (Å²) in [5, 5.41) is 5.22. The van der Waals surface area contributed by atoms with Crippen molar-refractivity contribution in [1.82, 2.24) is 15.5 Å². The van der Waals surface area contributed by atoms with E-state index in [0.717, 1.165) is 6.08 Å². The number of carbonyl (C=O) groups is 5. The zero-order valence-corrected chi connectivity index (χ0v) is 22.8. The van der Waals surface area contributed by atoms with Crippen LogP contribution in [-0.2, 0) is 30.5 Å². The van der Waals surface area contributed by atoms with Crippen LogP contribution in [0.25, 0.3) is 0 Å². The number of nitrogens with one attached hydrogen (secondary N) is 2. The van der Waals surface area contributed by atoms with Gasteiger partial charge >= 0.3 is 0 Å². The maximum atomic E-state index is 13.6. The summed E-state index contributed by atoms with van der Waals surface area (Å²) < 4.78 is 10.5. The van der Waals surface area contributed by atoms with Crippen LogP contribution in [0.5, 0.6) is 5.75 Å². The number of hydrogen-bond donors (Lipinski definition) is 2. The fourth-order valence-corrected chi connectivity index (χ4v) is 5.17. The fraction of sp³-hybridized carbons (Fsp3) is 0.321. The molecule has 0 aromatic heterocycles. The molecule has 5 amide bonds. The standard InChI is InChI=1S/C28H29ClN4O7/c1-4-23(35)33(25(27(37)30-12-13-39-2)24-19(29)6-5-7-21(24)40-3)17-9-8-16-15-32(28(38)18(16)14-17)20-10-11-22(34)31-26(20)36/h4-9,14,20,25H,1,10-13,15H2,2-3H3,(H,30,37)(H,31,34,36). The van der Waals surface area contributed by atoms with Gasteiger partial charge in [0.1, 0.15) is 17.8 Å². The molecule has 2 aliphatic rings. The Bertz CT molecular complexity index is 1380. The highest BCUT2D eigenvalue weighted by Crippen LogP contribution is 2.39. The van der Waals surface area contributed by atoms with Crippen molar-refractivity contribution < 1.29 is 33.4 Å². The average Bonchev–Trinajstić information content (AvgIpc) is 3.26. The molecule has 2 heterocycles. The molecule has 210 valence electrons. The number of hydrogen-bond acceptors (Lipinski definition) is 7. The van der Waals surface area contributed by atoms with Gasteiger partial charge < -0.3 is 19.7 Å². The minimum atomic E-state index is -1.30. The molecule has 0 bridgehead atoms. The Morgan fingerprint density at radius 3 is 2.70 bits per heavy atom. The maximum absolute atomic E-state index is 13.6. The number of halogens is 1. The van der Waals surface area contributed by atoms with Gasteiger partial charge in [-0.1, -0.05) is 30.3 Å². The van der Waals surface area contributed by atoms with E-state index in [1.54, 1.807) is 30.3 Å². The van der Waals surface area contributed by atoms with E-state index in [1.807, 2.05) is 0 Å². The first-order valence-electron chi connectivity index (χ1n) is 12.5. The molecule has 0 aliphatic carbocycles. The summed E-state index contributed by atoms with van der Waals surface area (Å²) in [5.74, 6) is -2.23. The largest absolute Gasteiger partial charge is 0.496 e. The predicted octanol–water partition coefficient (Wildman–Crippen LogP) is 2.13. The van der Waals surface area contributed by atoms with Crippen LogP contribution >= 0.6 is 11.6 Å². The highest BCUT2D eigenvalue weighted by atomic mass is 35.5. The third-order valence-corrected chi connectivity index (χ3v) is 7.15. The zero-order chi connectivity index (χ0) is 29.0. The number of piperidine rings is 1. The van der Waals surface area contributed by atoms with E-state index in [1.165, 1.54) is 30.1 Å². The second kappa shape index (κ2) is 12.3. The number of benzene rings is 2. The lowest BCUT2D eigenvalue weighted by Gasteiger charge is -2.32. The molecule has 1 saturated heterocycles. The minimum Gasteiger partial charge on any atom is -0.496 e. The van der Waals surface area contributed by atoms with Crippen LogP contribution in [0.4, 0.5) is 5.69 Å². The topological polar surface area (TPSA) is 134 Å². The Morgan fingerprint density at radius 2 is 2.02 bits per heavy atom.